The maximum Gasteiger partial charge on any atom is 0.328 e. The Morgan fingerprint density at radius 2 is 2.00 bits per heavy atom. The van der Waals surface area contributed by atoms with E-state index in [1.807, 2.05) is 30.3 Å². The highest BCUT2D eigenvalue weighted by Crippen LogP contribution is 2.26. The summed E-state index contributed by atoms with van der Waals surface area (Å²) in [6.45, 7) is 0.605. The standard InChI is InChI=1S/C18H18N2O3S/c1-23-16-9-7-13(8-10-17(21)22)11-15(16)20-18(24)19-12-14-5-3-2-4-6-14/h2-11H,12H2,1H3,(H,21,22)(H2,19,20,24)/b10-8+. The Labute approximate surface area is 146 Å². The van der Waals surface area contributed by atoms with E-state index < -0.39 is 5.97 Å². The minimum atomic E-state index is -1.000. The number of hydrogen-bond acceptors (Lipinski definition) is 3. The molecule has 24 heavy (non-hydrogen) atoms. The molecule has 0 heterocycles. The number of aliphatic carboxylic acids is 1. The van der Waals surface area contributed by atoms with E-state index in [1.165, 1.54) is 6.08 Å². The summed E-state index contributed by atoms with van der Waals surface area (Å²) in [5, 5.41) is 15.4. The minimum Gasteiger partial charge on any atom is -0.495 e. The van der Waals surface area contributed by atoms with Crippen molar-refractivity contribution in [2.24, 2.45) is 0 Å². The van der Waals surface area contributed by atoms with Gasteiger partial charge in [-0.25, -0.2) is 4.79 Å². The van der Waals surface area contributed by atoms with Gasteiger partial charge in [0.15, 0.2) is 5.11 Å². The van der Waals surface area contributed by atoms with Crippen molar-refractivity contribution in [1.29, 1.82) is 0 Å². The van der Waals surface area contributed by atoms with Gasteiger partial charge in [0.1, 0.15) is 5.75 Å². The Hall–Kier alpha value is -2.86. The van der Waals surface area contributed by atoms with Crippen LogP contribution in [0.5, 0.6) is 5.75 Å². The number of rotatable bonds is 6. The van der Waals surface area contributed by atoms with Gasteiger partial charge in [-0.1, -0.05) is 36.4 Å². The summed E-state index contributed by atoms with van der Waals surface area (Å²) in [6, 6.07) is 15.2. The van der Waals surface area contributed by atoms with Crippen molar-refractivity contribution >= 4 is 35.1 Å². The molecule has 2 aromatic rings. The zero-order chi connectivity index (χ0) is 17.4. The molecule has 2 rings (SSSR count). The van der Waals surface area contributed by atoms with E-state index in [4.69, 9.17) is 22.1 Å². The number of thiocarbonyl (C=S) groups is 1. The number of ether oxygens (including phenoxy) is 1. The van der Waals surface area contributed by atoms with E-state index in [0.717, 1.165) is 17.2 Å². The van der Waals surface area contributed by atoms with Crippen LogP contribution in [0.4, 0.5) is 5.69 Å². The lowest BCUT2D eigenvalue weighted by atomic mass is 10.1. The van der Waals surface area contributed by atoms with Crippen molar-refractivity contribution in [2.45, 2.75) is 6.54 Å². The summed E-state index contributed by atoms with van der Waals surface area (Å²) in [4.78, 5) is 10.6. The van der Waals surface area contributed by atoms with Crippen LogP contribution in [-0.2, 0) is 11.3 Å². The Morgan fingerprint density at radius 3 is 2.67 bits per heavy atom. The zero-order valence-electron chi connectivity index (χ0n) is 13.2. The number of benzene rings is 2. The topological polar surface area (TPSA) is 70.6 Å². The quantitative estimate of drug-likeness (QED) is 0.553. The SMILES string of the molecule is COc1ccc(/C=C/C(=O)O)cc1NC(=S)NCc1ccccc1. The van der Waals surface area contributed by atoms with Gasteiger partial charge in [-0.15, -0.1) is 0 Å². The second-order valence-corrected chi connectivity index (χ2v) is 5.33. The lowest BCUT2D eigenvalue weighted by molar-refractivity contribution is -0.131. The van der Waals surface area contributed by atoms with E-state index in [-0.39, 0.29) is 0 Å². The molecule has 0 aliphatic heterocycles. The van der Waals surface area contributed by atoms with E-state index >= 15 is 0 Å². The predicted molar refractivity (Wildman–Crippen MR) is 99.2 cm³/mol. The van der Waals surface area contributed by atoms with Crippen LogP contribution in [0.2, 0.25) is 0 Å². The van der Waals surface area contributed by atoms with E-state index in [9.17, 15) is 4.79 Å². The third kappa shape index (κ3) is 5.40. The summed E-state index contributed by atoms with van der Waals surface area (Å²) in [5.74, 6) is -0.383. The number of carbonyl (C=O) groups is 1. The molecule has 0 radical (unpaired) electrons. The van der Waals surface area contributed by atoms with Crippen LogP contribution in [-0.4, -0.2) is 23.3 Å². The highest BCUT2D eigenvalue weighted by atomic mass is 32.1. The number of carboxylic acids is 1. The molecular weight excluding hydrogens is 324 g/mol. The first-order chi connectivity index (χ1) is 11.6. The molecule has 0 fully saturated rings. The zero-order valence-corrected chi connectivity index (χ0v) is 14.0. The summed E-state index contributed by atoms with van der Waals surface area (Å²) in [5.41, 5.74) is 2.51. The van der Waals surface area contributed by atoms with Crippen LogP contribution in [0.1, 0.15) is 11.1 Å². The van der Waals surface area contributed by atoms with Crippen LogP contribution in [0.3, 0.4) is 0 Å². The summed E-state index contributed by atoms with van der Waals surface area (Å²) < 4.78 is 5.30. The number of carboxylic acid groups (broad SMARTS) is 1. The van der Waals surface area contributed by atoms with Crippen LogP contribution >= 0.6 is 12.2 Å². The highest BCUT2D eigenvalue weighted by Gasteiger charge is 2.06. The minimum absolute atomic E-state index is 0.455. The fraction of sp³-hybridized carbons (Fsp3) is 0.111. The maximum atomic E-state index is 10.6. The molecular formula is C18H18N2O3S. The van der Waals surface area contributed by atoms with Gasteiger partial charge >= 0.3 is 5.97 Å². The molecule has 0 saturated carbocycles. The third-order valence-corrected chi connectivity index (χ3v) is 3.43. The summed E-state index contributed by atoms with van der Waals surface area (Å²) in [6.07, 6.45) is 2.59. The monoisotopic (exact) mass is 342 g/mol. The van der Waals surface area contributed by atoms with Crippen molar-refractivity contribution in [3.8, 4) is 5.75 Å². The van der Waals surface area contributed by atoms with Crippen LogP contribution in [0.15, 0.2) is 54.6 Å². The molecule has 0 aliphatic rings. The average Bonchev–Trinajstić information content (AvgIpc) is 2.59. The molecule has 2 aromatic carbocycles. The summed E-state index contributed by atoms with van der Waals surface area (Å²) in [7, 11) is 1.56. The van der Waals surface area contributed by atoms with Crippen molar-refractivity contribution in [3.63, 3.8) is 0 Å². The molecule has 124 valence electrons. The van der Waals surface area contributed by atoms with Crippen LogP contribution in [0, 0.1) is 0 Å². The smallest absolute Gasteiger partial charge is 0.328 e. The Kier molecular flexibility index (Phi) is 6.33. The van der Waals surface area contributed by atoms with Crippen molar-refractivity contribution in [3.05, 3.63) is 65.7 Å². The molecule has 0 bridgehead atoms. The molecule has 5 nitrogen and oxygen atoms in total. The lowest BCUT2D eigenvalue weighted by Gasteiger charge is -2.14. The molecule has 0 atom stereocenters. The van der Waals surface area contributed by atoms with Gasteiger partial charge in [-0.05, 0) is 41.6 Å². The molecule has 0 aromatic heterocycles. The second kappa shape index (κ2) is 8.69. The van der Waals surface area contributed by atoms with Crippen molar-refractivity contribution in [2.75, 3.05) is 12.4 Å². The number of anilines is 1. The van der Waals surface area contributed by atoms with Gasteiger partial charge < -0.3 is 20.5 Å². The Morgan fingerprint density at radius 1 is 1.25 bits per heavy atom. The third-order valence-electron chi connectivity index (χ3n) is 3.19. The first-order valence-corrected chi connectivity index (χ1v) is 7.67. The van der Waals surface area contributed by atoms with E-state index in [2.05, 4.69) is 10.6 Å². The first kappa shape index (κ1) is 17.5. The largest absolute Gasteiger partial charge is 0.495 e. The number of hydrogen-bond donors (Lipinski definition) is 3. The van der Waals surface area contributed by atoms with E-state index in [0.29, 0.717) is 23.1 Å². The second-order valence-electron chi connectivity index (χ2n) is 4.92. The molecule has 0 saturated heterocycles. The molecule has 0 aliphatic carbocycles. The van der Waals surface area contributed by atoms with Gasteiger partial charge in [0.25, 0.3) is 0 Å². The Balaban J connectivity index is 2.05. The fourth-order valence-electron chi connectivity index (χ4n) is 2.04. The number of methoxy groups -OCH3 is 1. The van der Waals surface area contributed by atoms with Gasteiger partial charge in [-0.2, -0.15) is 0 Å². The average molecular weight is 342 g/mol. The Bertz CT molecular complexity index is 745. The van der Waals surface area contributed by atoms with Crippen molar-refractivity contribution < 1.29 is 14.6 Å². The van der Waals surface area contributed by atoms with Gasteiger partial charge in [-0.3, -0.25) is 0 Å². The van der Waals surface area contributed by atoms with Crippen LogP contribution < -0.4 is 15.4 Å². The highest BCUT2D eigenvalue weighted by molar-refractivity contribution is 7.80. The normalized spacial score (nSPS) is 10.4. The van der Waals surface area contributed by atoms with Gasteiger partial charge in [0.2, 0.25) is 0 Å². The predicted octanol–water partition coefficient (Wildman–Crippen LogP) is 3.28. The molecule has 6 heteroatoms. The molecule has 0 unspecified atom stereocenters. The van der Waals surface area contributed by atoms with Crippen LogP contribution in [0.25, 0.3) is 6.08 Å². The van der Waals surface area contributed by atoms with E-state index in [1.54, 1.807) is 25.3 Å². The van der Waals surface area contributed by atoms with Gasteiger partial charge in [0.05, 0.1) is 12.8 Å². The molecule has 0 amide bonds. The number of nitrogens with one attached hydrogen (secondary N) is 2. The maximum absolute atomic E-state index is 10.6. The molecule has 3 N–H and O–H groups in total. The molecule has 0 spiro atoms. The lowest BCUT2D eigenvalue weighted by Crippen LogP contribution is -2.28. The fourth-order valence-corrected chi connectivity index (χ4v) is 2.22. The van der Waals surface area contributed by atoms with Crippen molar-refractivity contribution in [1.82, 2.24) is 5.32 Å². The van der Waals surface area contributed by atoms with Gasteiger partial charge in [0, 0.05) is 12.6 Å². The first-order valence-electron chi connectivity index (χ1n) is 7.26. The summed E-state index contributed by atoms with van der Waals surface area (Å²) >= 11 is 5.30.